The Hall–Kier alpha value is -0.0800. The van der Waals surface area contributed by atoms with Crippen LogP contribution in [0.5, 0.6) is 0 Å². The smallest absolute Gasteiger partial charge is 0.0861 e. The molecule has 1 aliphatic rings. The summed E-state index contributed by atoms with van der Waals surface area (Å²) in [5, 5.41) is 2.52. The molecule has 0 unspecified atom stereocenters. The second kappa shape index (κ2) is 6.39. The van der Waals surface area contributed by atoms with Gasteiger partial charge in [0.05, 0.1) is 19.2 Å². The molecule has 1 fully saturated rings. The molecule has 0 aromatic rings. The molecule has 2 atom stereocenters. The first-order valence-electron chi connectivity index (χ1n) is 5.65. The van der Waals surface area contributed by atoms with E-state index in [0.717, 1.165) is 18.6 Å². The van der Waals surface area contributed by atoms with Gasteiger partial charge in [-0.3, -0.25) is 0 Å². The summed E-state index contributed by atoms with van der Waals surface area (Å²) in [7, 11) is 1.78. The third kappa shape index (κ3) is 4.63. The molecular weight excluding hydrogens is 162 g/mol. The SMILES string of the molecule is COCCC[NH2+][C@H]1CCC[C@@H](C)C1. The molecule has 0 aliphatic heterocycles. The van der Waals surface area contributed by atoms with Crippen LogP contribution in [0.25, 0.3) is 0 Å². The first-order valence-corrected chi connectivity index (χ1v) is 5.65. The highest BCUT2D eigenvalue weighted by Crippen LogP contribution is 2.21. The third-order valence-electron chi connectivity index (χ3n) is 3.03. The van der Waals surface area contributed by atoms with Gasteiger partial charge in [0.25, 0.3) is 0 Å². The lowest BCUT2D eigenvalue weighted by atomic mass is 9.87. The molecule has 0 saturated heterocycles. The van der Waals surface area contributed by atoms with E-state index >= 15 is 0 Å². The van der Waals surface area contributed by atoms with E-state index < -0.39 is 0 Å². The molecule has 1 saturated carbocycles. The van der Waals surface area contributed by atoms with Crippen LogP contribution >= 0.6 is 0 Å². The number of nitrogens with two attached hydrogens (primary N) is 1. The van der Waals surface area contributed by atoms with Crippen molar-refractivity contribution in [2.24, 2.45) is 5.92 Å². The molecule has 0 amide bonds. The predicted molar refractivity (Wildman–Crippen MR) is 54.7 cm³/mol. The number of methoxy groups -OCH3 is 1. The lowest BCUT2D eigenvalue weighted by molar-refractivity contribution is -0.693. The zero-order chi connectivity index (χ0) is 9.52. The summed E-state index contributed by atoms with van der Waals surface area (Å²) in [6, 6.07) is 0.903. The number of hydrogen-bond donors (Lipinski definition) is 1. The molecule has 0 heterocycles. The molecular formula is C11H24NO+. The molecule has 0 aromatic heterocycles. The fourth-order valence-corrected chi connectivity index (χ4v) is 2.28. The topological polar surface area (TPSA) is 25.8 Å². The summed E-state index contributed by atoms with van der Waals surface area (Å²) >= 11 is 0. The van der Waals surface area contributed by atoms with Gasteiger partial charge < -0.3 is 10.1 Å². The van der Waals surface area contributed by atoms with E-state index in [1.807, 2.05) is 0 Å². The Bertz CT molecular complexity index is 127. The van der Waals surface area contributed by atoms with Crippen LogP contribution in [0.1, 0.15) is 39.0 Å². The fraction of sp³-hybridized carbons (Fsp3) is 1.00. The Morgan fingerprint density at radius 3 is 2.92 bits per heavy atom. The van der Waals surface area contributed by atoms with Crippen LogP contribution in [0.2, 0.25) is 0 Å². The van der Waals surface area contributed by atoms with E-state index in [4.69, 9.17) is 4.74 Å². The van der Waals surface area contributed by atoms with E-state index in [-0.39, 0.29) is 0 Å². The van der Waals surface area contributed by atoms with Gasteiger partial charge in [0.15, 0.2) is 0 Å². The van der Waals surface area contributed by atoms with Crippen molar-refractivity contribution in [3.05, 3.63) is 0 Å². The minimum atomic E-state index is 0.903. The minimum absolute atomic E-state index is 0.903. The third-order valence-corrected chi connectivity index (χ3v) is 3.03. The van der Waals surface area contributed by atoms with Gasteiger partial charge in [0, 0.05) is 20.0 Å². The average molecular weight is 186 g/mol. The Morgan fingerprint density at radius 2 is 2.23 bits per heavy atom. The van der Waals surface area contributed by atoms with Crippen molar-refractivity contribution >= 4 is 0 Å². The molecule has 2 nitrogen and oxygen atoms in total. The lowest BCUT2D eigenvalue weighted by Gasteiger charge is -2.24. The van der Waals surface area contributed by atoms with Gasteiger partial charge in [-0.15, -0.1) is 0 Å². The predicted octanol–water partition coefficient (Wildman–Crippen LogP) is 1.16. The Balaban J connectivity index is 2.00. The van der Waals surface area contributed by atoms with E-state index in [2.05, 4.69) is 12.2 Å². The minimum Gasteiger partial charge on any atom is -0.384 e. The maximum Gasteiger partial charge on any atom is 0.0861 e. The maximum atomic E-state index is 5.03. The second-order valence-corrected chi connectivity index (χ2v) is 4.40. The summed E-state index contributed by atoms with van der Waals surface area (Å²) in [5.74, 6) is 0.956. The van der Waals surface area contributed by atoms with Crippen LogP contribution in [0, 0.1) is 5.92 Å². The molecule has 0 spiro atoms. The zero-order valence-electron chi connectivity index (χ0n) is 9.09. The van der Waals surface area contributed by atoms with Crippen LogP contribution in [-0.2, 0) is 4.74 Å². The summed E-state index contributed by atoms with van der Waals surface area (Å²) in [6.07, 6.45) is 6.93. The van der Waals surface area contributed by atoms with Crippen LogP contribution in [0.4, 0.5) is 0 Å². The van der Waals surface area contributed by atoms with Gasteiger partial charge in [-0.05, 0) is 18.8 Å². The Labute approximate surface area is 82.0 Å². The quantitative estimate of drug-likeness (QED) is 0.641. The highest BCUT2D eigenvalue weighted by atomic mass is 16.5. The van der Waals surface area contributed by atoms with Gasteiger partial charge in [-0.2, -0.15) is 0 Å². The molecule has 2 N–H and O–H groups in total. The standard InChI is InChI=1S/C11H23NO/c1-10-5-3-6-11(9-10)12-7-4-8-13-2/h10-12H,3-9H2,1-2H3/p+1/t10-,11+/m1/s1. The van der Waals surface area contributed by atoms with Crippen LogP contribution in [-0.4, -0.2) is 26.3 Å². The van der Waals surface area contributed by atoms with E-state index in [1.165, 1.54) is 38.6 Å². The number of ether oxygens (including phenoxy) is 1. The molecule has 2 heteroatoms. The molecule has 0 radical (unpaired) electrons. The largest absolute Gasteiger partial charge is 0.384 e. The highest BCUT2D eigenvalue weighted by Gasteiger charge is 2.20. The second-order valence-electron chi connectivity index (χ2n) is 4.40. The highest BCUT2D eigenvalue weighted by molar-refractivity contribution is 4.68. The van der Waals surface area contributed by atoms with E-state index in [1.54, 1.807) is 7.11 Å². The van der Waals surface area contributed by atoms with Crippen LogP contribution in [0.3, 0.4) is 0 Å². The lowest BCUT2D eigenvalue weighted by Crippen LogP contribution is -2.90. The molecule has 1 rings (SSSR count). The molecule has 0 bridgehead atoms. The van der Waals surface area contributed by atoms with Crippen molar-refractivity contribution in [1.82, 2.24) is 0 Å². The number of hydrogen-bond acceptors (Lipinski definition) is 1. The van der Waals surface area contributed by atoms with Crippen molar-refractivity contribution in [3.8, 4) is 0 Å². The van der Waals surface area contributed by atoms with Crippen molar-refractivity contribution in [1.29, 1.82) is 0 Å². The maximum absolute atomic E-state index is 5.03. The Kier molecular flexibility index (Phi) is 5.40. The molecule has 13 heavy (non-hydrogen) atoms. The first-order chi connectivity index (χ1) is 6.33. The van der Waals surface area contributed by atoms with Crippen molar-refractivity contribution < 1.29 is 10.1 Å². The summed E-state index contributed by atoms with van der Waals surface area (Å²) in [6.45, 7) is 4.54. The van der Waals surface area contributed by atoms with Crippen molar-refractivity contribution in [3.63, 3.8) is 0 Å². The fourth-order valence-electron chi connectivity index (χ4n) is 2.28. The Morgan fingerprint density at radius 1 is 1.38 bits per heavy atom. The van der Waals surface area contributed by atoms with Crippen molar-refractivity contribution in [2.75, 3.05) is 20.3 Å². The van der Waals surface area contributed by atoms with Gasteiger partial charge in [-0.25, -0.2) is 0 Å². The number of rotatable bonds is 5. The zero-order valence-corrected chi connectivity index (χ0v) is 9.09. The molecule has 1 aliphatic carbocycles. The van der Waals surface area contributed by atoms with E-state index in [0.29, 0.717) is 0 Å². The normalized spacial score (nSPS) is 29.1. The molecule has 78 valence electrons. The number of quaternary nitrogens is 1. The van der Waals surface area contributed by atoms with Gasteiger partial charge in [0.1, 0.15) is 0 Å². The van der Waals surface area contributed by atoms with Gasteiger partial charge >= 0.3 is 0 Å². The van der Waals surface area contributed by atoms with Crippen LogP contribution < -0.4 is 5.32 Å². The average Bonchev–Trinajstić information content (AvgIpc) is 2.13. The monoisotopic (exact) mass is 186 g/mol. The molecule has 0 aromatic carbocycles. The van der Waals surface area contributed by atoms with Crippen LogP contribution in [0.15, 0.2) is 0 Å². The first kappa shape index (κ1) is 11.0. The van der Waals surface area contributed by atoms with Crippen molar-refractivity contribution in [2.45, 2.75) is 45.1 Å². The summed E-state index contributed by atoms with van der Waals surface area (Å²) < 4.78 is 5.03. The van der Waals surface area contributed by atoms with E-state index in [9.17, 15) is 0 Å². The summed E-state index contributed by atoms with van der Waals surface area (Å²) in [4.78, 5) is 0. The van der Waals surface area contributed by atoms with Gasteiger partial charge in [0.2, 0.25) is 0 Å². The van der Waals surface area contributed by atoms with Gasteiger partial charge in [-0.1, -0.05) is 13.3 Å². The summed E-state index contributed by atoms with van der Waals surface area (Å²) in [5.41, 5.74) is 0.